The molecule has 3 unspecified atom stereocenters. The van der Waals surface area contributed by atoms with Crippen molar-refractivity contribution in [3.8, 4) is 0 Å². The first-order valence-electron chi connectivity index (χ1n) is 33.6. The quantitative estimate of drug-likeness (QED) is 0.0243. The monoisotopic (exact) mass is 1080 g/mol. The van der Waals surface area contributed by atoms with E-state index < -0.39 is 20.0 Å². The summed E-state index contributed by atoms with van der Waals surface area (Å²) in [6, 6.07) is -0.757. The molecule has 3 atom stereocenters. The van der Waals surface area contributed by atoms with Gasteiger partial charge in [-0.1, -0.05) is 321 Å². The first-order valence-corrected chi connectivity index (χ1v) is 35.0. The van der Waals surface area contributed by atoms with E-state index in [1.165, 1.54) is 289 Å². The van der Waals surface area contributed by atoms with E-state index in [1.807, 2.05) is 21.1 Å². The Morgan fingerprint density at radius 2 is 0.720 bits per heavy atom. The summed E-state index contributed by atoms with van der Waals surface area (Å²) in [6.07, 6.45) is 73.1. The molecule has 0 saturated heterocycles. The van der Waals surface area contributed by atoms with Gasteiger partial charge in [-0.3, -0.25) is 13.8 Å². The molecule has 0 aliphatic rings. The molecular formula is C66H134N2O6P+. The third-order valence-corrected chi connectivity index (χ3v) is 16.7. The number of phosphoric acid groups is 1. The van der Waals surface area contributed by atoms with Crippen molar-refractivity contribution in [1.82, 2.24) is 5.32 Å². The zero-order valence-corrected chi connectivity index (χ0v) is 52.2. The summed E-state index contributed by atoms with van der Waals surface area (Å²) in [5, 5.41) is 14.1. The van der Waals surface area contributed by atoms with Crippen molar-refractivity contribution in [3.63, 3.8) is 0 Å². The van der Waals surface area contributed by atoms with Crippen LogP contribution in [0.4, 0.5) is 0 Å². The third-order valence-electron chi connectivity index (χ3n) is 15.8. The molecule has 9 heteroatoms. The smallest absolute Gasteiger partial charge is 0.391 e. The first kappa shape index (κ1) is 74.2. The fourth-order valence-corrected chi connectivity index (χ4v) is 11.3. The van der Waals surface area contributed by atoms with Gasteiger partial charge in [0.15, 0.2) is 0 Å². The Hall–Kier alpha value is -0.760. The van der Waals surface area contributed by atoms with Crippen molar-refractivity contribution in [2.75, 3.05) is 40.9 Å². The van der Waals surface area contributed by atoms with E-state index in [1.54, 1.807) is 0 Å². The van der Waals surface area contributed by atoms with Crippen molar-refractivity contribution in [3.05, 3.63) is 12.2 Å². The number of aliphatic hydroxyl groups excluding tert-OH is 1. The summed E-state index contributed by atoms with van der Waals surface area (Å²) in [4.78, 5) is 23.4. The maximum atomic E-state index is 13.0. The van der Waals surface area contributed by atoms with Gasteiger partial charge in [0.2, 0.25) is 5.91 Å². The van der Waals surface area contributed by atoms with Gasteiger partial charge in [0.05, 0.1) is 39.9 Å². The summed E-state index contributed by atoms with van der Waals surface area (Å²) in [5.41, 5.74) is 0. The molecule has 0 spiro atoms. The van der Waals surface area contributed by atoms with Gasteiger partial charge in [-0.15, -0.1) is 0 Å². The molecule has 0 aromatic carbocycles. The van der Waals surface area contributed by atoms with Crippen LogP contribution in [0.2, 0.25) is 0 Å². The van der Waals surface area contributed by atoms with Gasteiger partial charge in [0.1, 0.15) is 13.2 Å². The molecule has 3 N–H and O–H groups in total. The molecule has 0 aromatic rings. The topological polar surface area (TPSA) is 105 Å². The largest absolute Gasteiger partial charge is 0.472 e. The lowest BCUT2D eigenvalue weighted by molar-refractivity contribution is -0.870. The van der Waals surface area contributed by atoms with E-state index in [9.17, 15) is 19.4 Å². The van der Waals surface area contributed by atoms with Crippen LogP contribution < -0.4 is 5.32 Å². The Labute approximate surface area is 469 Å². The van der Waals surface area contributed by atoms with Crippen LogP contribution in [0.25, 0.3) is 0 Å². The van der Waals surface area contributed by atoms with Crippen LogP contribution >= 0.6 is 7.82 Å². The third kappa shape index (κ3) is 60.7. The lowest BCUT2D eigenvalue weighted by Crippen LogP contribution is -2.46. The predicted molar refractivity (Wildman–Crippen MR) is 328 cm³/mol. The average molecular weight is 1080 g/mol. The molecule has 0 heterocycles. The molecule has 0 fully saturated rings. The van der Waals surface area contributed by atoms with E-state index in [0.29, 0.717) is 23.9 Å². The van der Waals surface area contributed by atoms with Crippen LogP contribution in [-0.4, -0.2) is 73.4 Å². The molecule has 75 heavy (non-hydrogen) atoms. The minimum absolute atomic E-state index is 0.0784. The van der Waals surface area contributed by atoms with Crippen LogP contribution in [0.15, 0.2) is 12.2 Å². The summed E-state index contributed by atoms with van der Waals surface area (Å²) in [5.74, 6) is -0.135. The van der Waals surface area contributed by atoms with Crippen LogP contribution in [-0.2, 0) is 18.4 Å². The van der Waals surface area contributed by atoms with Gasteiger partial charge < -0.3 is 19.8 Å². The normalized spacial score (nSPS) is 13.7. The Morgan fingerprint density at radius 3 is 1.03 bits per heavy atom. The van der Waals surface area contributed by atoms with Crippen LogP contribution in [0.3, 0.4) is 0 Å². The number of phosphoric ester groups is 1. The molecule has 0 aromatic heterocycles. The number of likely N-dealkylation sites (N-methyl/N-ethyl adjacent to an activating group) is 1. The van der Waals surface area contributed by atoms with Gasteiger partial charge in [-0.2, -0.15) is 0 Å². The number of hydrogen-bond acceptors (Lipinski definition) is 5. The summed E-state index contributed by atoms with van der Waals surface area (Å²) < 4.78 is 23.8. The van der Waals surface area contributed by atoms with Crippen molar-refractivity contribution < 1.29 is 32.9 Å². The van der Waals surface area contributed by atoms with E-state index in [0.717, 1.165) is 38.5 Å². The van der Waals surface area contributed by atoms with E-state index >= 15 is 0 Å². The molecule has 0 rings (SSSR count). The number of aliphatic hydroxyl groups is 1. The fourth-order valence-electron chi connectivity index (χ4n) is 10.5. The number of allylic oxidation sites excluding steroid dienone is 2. The van der Waals surface area contributed by atoms with Gasteiger partial charge in [-0.25, -0.2) is 4.57 Å². The number of nitrogens with one attached hydrogen (secondary N) is 1. The van der Waals surface area contributed by atoms with Crippen molar-refractivity contribution in [2.24, 2.45) is 0 Å². The number of carbonyl (C=O) groups excluding carboxylic acids is 1. The predicted octanol–water partition coefficient (Wildman–Crippen LogP) is 20.9. The summed E-state index contributed by atoms with van der Waals surface area (Å²) in [6.45, 7) is 4.95. The second kappa shape index (κ2) is 57.9. The highest BCUT2D eigenvalue weighted by molar-refractivity contribution is 7.47. The molecule has 8 nitrogen and oxygen atoms in total. The van der Waals surface area contributed by atoms with Crippen LogP contribution in [0, 0.1) is 0 Å². The summed E-state index contributed by atoms with van der Waals surface area (Å²) in [7, 11) is 1.64. The Morgan fingerprint density at radius 1 is 0.440 bits per heavy atom. The molecule has 0 aliphatic heterocycles. The maximum Gasteiger partial charge on any atom is 0.472 e. The Bertz CT molecular complexity index is 1230. The molecule has 0 bridgehead atoms. The number of rotatable bonds is 63. The van der Waals surface area contributed by atoms with Crippen molar-refractivity contribution in [2.45, 2.75) is 366 Å². The second-order valence-corrected chi connectivity index (χ2v) is 26.0. The zero-order chi connectivity index (χ0) is 54.9. The Balaban J connectivity index is 3.93. The van der Waals surface area contributed by atoms with Crippen LogP contribution in [0.5, 0.6) is 0 Å². The summed E-state index contributed by atoms with van der Waals surface area (Å²) >= 11 is 0. The van der Waals surface area contributed by atoms with Gasteiger partial charge >= 0.3 is 7.82 Å². The maximum absolute atomic E-state index is 13.0. The minimum atomic E-state index is -4.32. The average Bonchev–Trinajstić information content (AvgIpc) is 3.37. The van der Waals surface area contributed by atoms with E-state index in [2.05, 4.69) is 31.3 Å². The molecular weight excluding hydrogens is 948 g/mol. The molecule has 0 saturated carbocycles. The second-order valence-electron chi connectivity index (χ2n) is 24.6. The first-order chi connectivity index (χ1) is 36.5. The standard InChI is InChI=1S/C66H133N2O6P/c1-6-8-10-12-14-16-18-20-22-24-26-27-28-29-30-31-32-33-34-35-36-37-38-39-40-41-42-44-46-48-50-52-54-56-58-60-66(70)67-64(63-74-75(71,72)73-62-61-68(3,4)5)65(69)59-57-55-53-51-49-47-45-43-25-23-21-19-17-15-13-11-9-7-2/h24,26,64-65,69H,6-23,25,27-63H2,1-5H3,(H-,67,70,71,72)/p+1/b26-24-. The van der Waals surface area contributed by atoms with Gasteiger partial charge in [0, 0.05) is 6.42 Å². The SMILES string of the molecule is CCCCCCCCCC/C=C\CCCCCCCCCCCCCCCCCCCCCCCCCC(=O)NC(COP(=O)(O)OCC[N+](C)(C)C)C(O)CCCCCCCCCCCCCCCCCCCC. The molecule has 0 aliphatic carbocycles. The van der Waals surface area contributed by atoms with Gasteiger partial charge in [-0.05, 0) is 38.5 Å². The highest BCUT2D eigenvalue weighted by atomic mass is 31.2. The van der Waals surface area contributed by atoms with E-state index in [4.69, 9.17) is 9.05 Å². The number of unbranched alkanes of at least 4 members (excludes halogenated alkanes) is 48. The lowest BCUT2D eigenvalue weighted by Gasteiger charge is -2.26. The van der Waals surface area contributed by atoms with Crippen molar-refractivity contribution >= 4 is 13.7 Å². The van der Waals surface area contributed by atoms with E-state index in [-0.39, 0.29) is 19.1 Å². The minimum Gasteiger partial charge on any atom is -0.391 e. The van der Waals surface area contributed by atoms with Gasteiger partial charge in [0.25, 0.3) is 0 Å². The highest BCUT2D eigenvalue weighted by Crippen LogP contribution is 2.43. The highest BCUT2D eigenvalue weighted by Gasteiger charge is 2.28. The number of amides is 1. The fraction of sp³-hybridized carbons (Fsp3) is 0.955. The van der Waals surface area contributed by atoms with Crippen LogP contribution in [0.1, 0.15) is 354 Å². The zero-order valence-electron chi connectivity index (χ0n) is 51.3. The number of nitrogens with zero attached hydrogens (tertiary/aromatic N) is 1. The molecule has 0 radical (unpaired) electrons. The number of hydrogen-bond donors (Lipinski definition) is 3. The molecule has 1 amide bonds. The Kier molecular flexibility index (Phi) is 57.3. The number of quaternary nitrogens is 1. The number of carbonyl (C=O) groups is 1. The molecule has 448 valence electrons. The van der Waals surface area contributed by atoms with Crippen molar-refractivity contribution in [1.29, 1.82) is 0 Å². The lowest BCUT2D eigenvalue weighted by atomic mass is 10.0.